The van der Waals surface area contributed by atoms with Gasteiger partial charge in [0.05, 0.1) is 6.54 Å². The van der Waals surface area contributed by atoms with Gasteiger partial charge in [0, 0.05) is 13.2 Å². The monoisotopic (exact) mass is 186 g/mol. The zero-order valence-corrected chi connectivity index (χ0v) is 7.92. The van der Waals surface area contributed by atoms with Crippen molar-refractivity contribution in [3.63, 3.8) is 0 Å². The lowest BCUT2D eigenvalue weighted by molar-refractivity contribution is -0.117. The number of nitrogens with one attached hydrogen (secondary N) is 1. The highest BCUT2D eigenvalue weighted by atomic mass is 16.5. The standard InChI is InChI=1S/C9H18N2O2/c10-9(12)7-11-4-1-8-2-5-13-6-3-8/h8,11H,1-7H2,(H2,10,12). The van der Waals surface area contributed by atoms with Crippen LogP contribution in [0.3, 0.4) is 0 Å². The summed E-state index contributed by atoms with van der Waals surface area (Å²) in [6, 6.07) is 0. The number of rotatable bonds is 5. The van der Waals surface area contributed by atoms with E-state index in [-0.39, 0.29) is 5.91 Å². The van der Waals surface area contributed by atoms with Gasteiger partial charge in [-0.2, -0.15) is 0 Å². The first kappa shape index (κ1) is 10.5. The smallest absolute Gasteiger partial charge is 0.231 e. The van der Waals surface area contributed by atoms with Gasteiger partial charge in [0.2, 0.25) is 5.91 Å². The van der Waals surface area contributed by atoms with Crippen molar-refractivity contribution >= 4 is 5.91 Å². The van der Waals surface area contributed by atoms with Crippen molar-refractivity contribution in [1.29, 1.82) is 0 Å². The molecule has 1 aliphatic rings. The molecular weight excluding hydrogens is 168 g/mol. The zero-order valence-electron chi connectivity index (χ0n) is 7.92. The molecule has 0 bridgehead atoms. The fraction of sp³-hybridized carbons (Fsp3) is 0.889. The first-order chi connectivity index (χ1) is 6.29. The lowest BCUT2D eigenvalue weighted by Gasteiger charge is -2.21. The minimum atomic E-state index is -0.285. The van der Waals surface area contributed by atoms with Crippen LogP contribution in [0.25, 0.3) is 0 Å². The van der Waals surface area contributed by atoms with Crippen molar-refractivity contribution in [2.24, 2.45) is 11.7 Å². The first-order valence-electron chi connectivity index (χ1n) is 4.86. The summed E-state index contributed by atoms with van der Waals surface area (Å²) in [5.41, 5.74) is 4.99. The quantitative estimate of drug-likeness (QED) is 0.588. The molecule has 13 heavy (non-hydrogen) atoms. The number of carbonyl (C=O) groups excluding carboxylic acids is 1. The largest absolute Gasteiger partial charge is 0.381 e. The maximum atomic E-state index is 10.4. The van der Waals surface area contributed by atoms with Gasteiger partial charge < -0.3 is 15.8 Å². The highest BCUT2D eigenvalue weighted by Crippen LogP contribution is 2.17. The molecule has 0 atom stereocenters. The summed E-state index contributed by atoms with van der Waals surface area (Å²) in [7, 11) is 0. The average Bonchev–Trinajstić information content (AvgIpc) is 2.14. The molecule has 0 unspecified atom stereocenters. The molecule has 3 N–H and O–H groups in total. The maximum absolute atomic E-state index is 10.4. The zero-order chi connectivity index (χ0) is 9.52. The van der Waals surface area contributed by atoms with E-state index >= 15 is 0 Å². The number of hydrogen-bond acceptors (Lipinski definition) is 3. The third-order valence-corrected chi connectivity index (χ3v) is 2.37. The summed E-state index contributed by atoms with van der Waals surface area (Å²) >= 11 is 0. The van der Waals surface area contributed by atoms with Crippen molar-refractivity contribution in [2.45, 2.75) is 19.3 Å². The molecule has 1 aliphatic heterocycles. The Morgan fingerprint density at radius 1 is 1.46 bits per heavy atom. The van der Waals surface area contributed by atoms with E-state index in [1.165, 1.54) is 0 Å². The Bertz CT molecular complexity index is 156. The molecule has 4 nitrogen and oxygen atoms in total. The Morgan fingerprint density at radius 2 is 2.15 bits per heavy atom. The number of carbonyl (C=O) groups is 1. The summed E-state index contributed by atoms with van der Waals surface area (Å²) in [6.45, 7) is 2.96. The normalized spacial score (nSPS) is 18.8. The molecule has 0 aromatic rings. The Hall–Kier alpha value is -0.610. The van der Waals surface area contributed by atoms with Crippen molar-refractivity contribution in [3.8, 4) is 0 Å². The number of primary amides is 1. The highest BCUT2D eigenvalue weighted by Gasteiger charge is 2.12. The van der Waals surface area contributed by atoms with Crippen LogP contribution in [-0.2, 0) is 9.53 Å². The third-order valence-electron chi connectivity index (χ3n) is 2.37. The van der Waals surface area contributed by atoms with Crippen molar-refractivity contribution < 1.29 is 9.53 Å². The SMILES string of the molecule is NC(=O)CNCCC1CCOCC1. The van der Waals surface area contributed by atoms with Gasteiger partial charge in [-0.05, 0) is 31.7 Å². The number of nitrogens with two attached hydrogens (primary N) is 1. The maximum Gasteiger partial charge on any atom is 0.231 e. The predicted molar refractivity (Wildman–Crippen MR) is 50.2 cm³/mol. The van der Waals surface area contributed by atoms with E-state index < -0.39 is 0 Å². The van der Waals surface area contributed by atoms with Crippen LogP contribution in [0.5, 0.6) is 0 Å². The van der Waals surface area contributed by atoms with Gasteiger partial charge in [0.1, 0.15) is 0 Å². The van der Waals surface area contributed by atoms with Crippen molar-refractivity contribution in [1.82, 2.24) is 5.32 Å². The second-order valence-electron chi connectivity index (χ2n) is 3.49. The van der Waals surface area contributed by atoms with E-state index in [1.807, 2.05) is 0 Å². The summed E-state index contributed by atoms with van der Waals surface area (Å²) in [5.74, 6) is 0.473. The van der Waals surface area contributed by atoms with Gasteiger partial charge in [0.15, 0.2) is 0 Å². The second-order valence-corrected chi connectivity index (χ2v) is 3.49. The minimum Gasteiger partial charge on any atom is -0.381 e. The topological polar surface area (TPSA) is 64.4 Å². The van der Waals surface area contributed by atoms with Crippen molar-refractivity contribution in [2.75, 3.05) is 26.3 Å². The van der Waals surface area contributed by atoms with Crippen LogP contribution in [-0.4, -0.2) is 32.2 Å². The van der Waals surface area contributed by atoms with Crippen LogP contribution in [0.2, 0.25) is 0 Å². The van der Waals surface area contributed by atoms with E-state index in [4.69, 9.17) is 10.5 Å². The van der Waals surface area contributed by atoms with Gasteiger partial charge in [-0.15, -0.1) is 0 Å². The Morgan fingerprint density at radius 3 is 2.77 bits per heavy atom. The van der Waals surface area contributed by atoms with E-state index in [0.29, 0.717) is 6.54 Å². The molecule has 1 rings (SSSR count). The number of hydrogen-bond donors (Lipinski definition) is 2. The molecule has 76 valence electrons. The van der Waals surface area contributed by atoms with Gasteiger partial charge in [-0.25, -0.2) is 0 Å². The van der Waals surface area contributed by atoms with Crippen LogP contribution in [0.15, 0.2) is 0 Å². The Kier molecular flexibility index (Phi) is 4.78. The Balaban J connectivity index is 1.95. The molecule has 0 saturated carbocycles. The van der Waals surface area contributed by atoms with Crippen LogP contribution in [0, 0.1) is 5.92 Å². The lowest BCUT2D eigenvalue weighted by atomic mass is 9.97. The molecule has 1 fully saturated rings. The molecule has 0 aromatic heterocycles. The summed E-state index contributed by atoms with van der Waals surface area (Å²) in [6.07, 6.45) is 3.42. The molecule has 0 aromatic carbocycles. The van der Waals surface area contributed by atoms with Crippen LogP contribution >= 0.6 is 0 Å². The summed E-state index contributed by atoms with van der Waals surface area (Å²) in [5, 5.41) is 3.02. The summed E-state index contributed by atoms with van der Waals surface area (Å²) in [4.78, 5) is 10.4. The fourth-order valence-corrected chi connectivity index (χ4v) is 1.55. The van der Waals surface area contributed by atoms with E-state index in [0.717, 1.165) is 44.9 Å². The molecule has 0 aliphatic carbocycles. The molecule has 1 amide bonds. The molecule has 0 spiro atoms. The van der Waals surface area contributed by atoms with Crippen molar-refractivity contribution in [3.05, 3.63) is 0 Å². The molecule has 0 radical (unpaired) electrons. The van der Waals surface area contributed by atoms with E-state index in [1.54, 1.807) is 0 Å². The van der Waals surface area contributed by atoms with Gasteiger partial charge >= 0.3 is 0 Å². The molecule has 1 saturated heterocycles. The van der Waals surface area contributed by atoms with Gasteiger partial charge in [-0.1, -0.05) is 0 Å². The third kappa shape index (κ3) is 4.85. The Labute approximate surface area is 78.8 Å². The fourth-order valence-electron chi connectivity index (χ4n) is 1.55. The average molecular weight is 186 g/mol. The van der Waals surface area contributed by atoms with Crippen LogP contribution in [0.4, 0.5) is 0 Å². The predicted octanol–water partition coefficient (Wildman–Crippen LogP) is -0.122. The molecular formula is C9H18N2O2. The lowest BCUT2D eigenvalue weighted by Crippen LogP contribution is -2.30. The number of amides is 1. The van der Waals surface area contributed by atoms with E-state index in [2.05, 4.69) is 5.32 Å². The minimum absolute atomic E-state index is 0.285. The van der Waals surface area contributed by atoms with Gasteiger partial charge in [-0.3, -0.25) is 4.79 Å². The molecule has 4 heteroatoms. The highest BCUT2D eigenvalue weighted by molar-refractivity contribution is 5.75. The summed E-state index contributed by atoms with van der Waals surface area (Å²) < 4.78 is 5.25. The first-order valence-corrected chi connectivity index (χ1v) is 4.86. The van der Waals surface area contributed by atoms with E-state index in [9.17, 15) is 4.79 Å². The van der Waals surface area contributed by atoms with Gasteiger partial charge in [0.25, 0.3) is 0 Å². The van der Waals surface area contributed by atoms with Crippen LogP contribution in [0.1, 0.15) is 19.3 Å². The number of ether oxygens (including phenoxy) is 1. The van der Waals surface area contributed by atoms with Crippen LogP contribution < -0.4 is 11.1 Å². The molecule has 1 heterocycles. The second kappa shape index (κ2) is 5.94.